The summed E-state index contributed by atoms with van der Waals surface area (Å²) in [6, 6.07) is 0.450. The first-order valence-corrected chi connectivity index (χ1v) is 5.23. The summed E-state index contributed by atoms with van der Waals surface area (Å²) in [5.41, 5.74) is 0. The molecule has 0 aliphatic rings. The monoisotopic (exact) mass is 188 g/mol. The van der Waals surface area contributed by atoms with Gasteiger partial charge in [-0.25, -0.2) is 0 Å². The van der Waals surface area contributed by atoms with E-state index in [-0.39, 0.29) is 6.10 Å². The predicted octanol–water partition coefficient (Wildman–Crippen LogP) is 0.687. The molecule has 13 heavy (non-hydrogen) atoms. The van der Waals surface area contributed by atoms with E-state index in [1.807, 2.05) is 0 Å². The molecule has 3 nitrogen and oxygen atoms in total. The van der Waals surface area contributed by atoms with E-state index in [9.17, 15) is 5.11 Å². The number of nitrogens with one attached hydrogen (secondary N) is 1. The van der Waals surface area contributed by atoms with Crippen LogP contribution in [-0.2, 0) is 0 Å². The van der Waals surface area contributed by atoms with Gasteiger partial charge in [0, 0.05) is 19.1 Å². The molecule has 0 aromatic heterocycles. The van der Waals surface area contributed by atoms with Crippen molar-refractivity contribution >= 4 is 0 Å². The topological polar surface area (TPSA) is 35.5 Å². The Morgan fingerprint density at radius 2 is 1.77 bits per heavy atom. The standard InChI is InChI=1S/C10H24N2O/c1-5-12(6-2)8-10(13)7-11-9(3)4/h9-11,13H,5-8H2,1-4H3. The summed E-state index contributed by atoms with van der Waals surface area (Å²) < 4.78 is 0. The van der Waals surface area contributed by atoms with Crippen LogP contribution >= 0.6 is 0 Å². The van der Waals surface area contributed by atoms with E-state index in [0.717, 1.165) is 19.6 Å². The molecule has 0 aliphatic carbocycles. The molecule has 0 aromatic rings. The molecule has 0 rings (SSSR count). The Hall–Kier alpha value is -0.120. The molecule has 0 saturated carbocycles. The zero-order valence-corrected chi connectivity index (χ0v) is 9.38. The Morgan fingerprint density at radius 3 is 2.15 bits per heavy atom. The maximum Gasteiger partial charge on any atom is 0.0791 e. The van der Waals surface area contributed by atoms with Crippen molar-refractivity contribution in [1.82, 2.24) is 10.2 Å². The Morgan fingerprint density at radius 1 is 1.23 bits per heavy atom. The fraction of sp³-hybridized carbons (Fsp3) is 1.00. The second kappa shape index (κ2) is 7.30. The lowest BCUT2D eigenvalue weighted by Gasteiger charge is -2.22. The van der Waals surface area contributed by atoms with Crippen molar-refractivity contribution in [3.63, 3.8) is 0 Å². The van der Waals surface area contributed by atoms with Crippen LogP contribution < -0.4 is 5.32 Å². The minimum atomic E-state index is -0.248. The summed E-state index contributed by atoms with van der Waals surface area (Å²) >= 11 is 0. The van der Waals surface area contributed by atoms with Gasteiger partial charge in [-0.15, -0.1) is 0 Å². The molecule has 0 aromatic carbocycles. The molecule has 1 unspecified atom stereocenters. The van der Waals surface area contributed by atoms with E-state index in [2.05, 4.69) is 37.9 Å². The van der Waals surface area contributed by atoms with Crippen LogP contribution in [0.5, 0.6) is 0 Å². The maximum atomic E-state index is 9.63. The molecule has 0 saturated heterocycles. The molecule has 0 amide bonds. The fourth-order valence-corrected chi connectivity index (χ4v) is 1.22. The minimum Gasteiger partial charge on any atom is -0.390 e. The van der Waals surface area contributed by atoms with Gasteiger partial charge in [0.15, 0.2) is 0 Å². The number of hydrogen-bond acceptors (Lipinski definition) is 3. The number of aliphatic hydroxyl groups is 1. The van der Waals surface area contributed by atoms with Gasteiger partial charge in [0.2, 0.25) is 0 Å². The third-order valence-corrected chi connectivity index (χ3v) is 2.13. The first-order valence-electron chi connectivity index (χ1n) is 5.23. The Kier molecular flexibility index (Phi) is 7.23. The third kappa shape index (κ3) is 6.99. The molecule has 1 atom stereocenters. The van der Waals surface area contributed by atoms with Crippen LogP contribution in [0, 0.1) is 0 Å². The van der Waals surface area contributed by atoms with E-state index in [4.69, 9.17) is 0 Å². The number of hydrogen-bond donors (Lipinski definition) is 2. The largest absolute Gasteiger partial charge is 0.390 e. The summed E-state index contributed by atoms with van der Waals surface area (Å²) in [5.74, 6) is 0. The molecule has 0 bridgehead atoms. The fourth-order valence-electron chi connectivity index (χ4n) is 1.22. The van der Waals surface area contributed by atoms with Gasteiger partial charge in [0.1, 0.15) is 0 Å². The first kappa shape index (κ1) is 12.9. The molecule has 0 radical (unpaired) electrons. The highest BCUT2D eigenvalue weighted by Gasteiger charge is 2.08. The summed E-state index contributed by atoms with van der Waals surface area (Å²) in [4.78, 5) is 2.23. The second-order valence-corrected chi connectivity index (χ2v) is 3.70. The quantitative estimate of drug-likeness (QED) is 0.617. The van der Waals surface area contributed by atoms with Gasteiger partial charge in [0.05, 0.1) is 6.10 Å². The Labute approximate surface area is 82.1 Å². The second-order valence-electron chi connectivity index (χ2n) is 3.70. The van der Waals surface area contributed by atoms with E-state index in [1.165, 1.54) is 0 Å². The van der Waals surface area contributed by atoms with Gasteiger partial charge in [0.25, 0.3) is 0 Å². The van der Waals surface area contributed by atoms with Gasteiger partial charge in [-0.05, 0) is 13.1 Å². The van der Waals surface area contributed by atoms with Crippen molar-refractivity contribution in [3.8, 4) is 0 Å². The number of likely N-dealkylation sites (N-methyl/N-ethyl adjacent to an activating group) is 1. The Bertz CT molecular complexity index is 113. The maximum absolute atomic E-state index is 9.63. The van der Waals surface area contributed by atoms with E-state index in [0.29, 0.717) is 12.6 Å². The molecule has 0 aliphatic heterocycles. The van der Waals surface area contributed by atoms with Crippen molar-refractivity contribution < 1.29 is 5.11 Å². The average Bonchev–Trinajstić information content (AvgIpc) is 2.10. The van der Waals surface area contributed by atoms with Crippen LogP contribution in [0.2, 0.25) is 0 Å². The zero-order chi connectivity index (χ0) is 10.3. The SMILES string of the molecule is CCN(CC)CC(O)CNC(C)C. The third-order valence-electron chi connectivity index (χ3n) is 2.13. The first-order chi connectivity index (χ1) is 6.10. The smallest absolute Gasteiger partial charge is 0.0791 e. The zero-order valence-electron chi connectivity index (χ0n) is 9.38. The van der Waals surface area contributed by atoms with Crippen LogP contribution in [0.1, 0.15) is 27.7 Å². The number of nitrogens with zero attached hydrogens (tertiary/aromatic N) is 1. The summed E-state index contributed by atoms with van der Waals surface area (Å²) in [5, 5.41) is 12.8. The summed E-state index contributed by atoms with van der Waals surface area (Å²) in [7, 11) is 0. The normalized spacial score (nSPS) is 14.1. The summed E-state index contributed by atoms with van der Waals surface area (Å²) in [6.07, 6.45) is -0.248. The molecule has 0 fully saturated rings. The molecule has 80 valence electrons. The lowest BCUT2D eigenvalue weighted by molar-refractivity contribution is 0.115. The lowest BCUT2D eigenvalue weighted by Crippen LogP contribution is -2.40. The molecular weight excluding hydrogens is 164 g/mol. The minimum absolute atomic E-state index is 0.248. The average molecular weight is 188 g/mol. The van der Waals surface area contributed by atoms with E-state index < -0.39 is 0 Å². The highest BCUT2D eigenvalue weighted by atomic mass is 16.3. The van der Waals surface area contributed by atoms with Crippen LogP contribution in [0.4, 0.5) is 0 Å². The van der Waals surface area contributed by atoms with Crippen molar-refractivity contribution in [3.05, 3.63) is 0 Å². The van der Waals surface area contributed by atoms with Crippen LogP contribution in [-0.4, -0.2) is 48.3 Å². The predicted molar refractivity (Wildman–Crippen MR) is 56.9 cm³/mol. The molecular formula is C10H24N2O. The van der Waals surface area contributed by atoms with E-state index >= 15 is 0 Å². The number of rotatable bonds is 7. The highest BCUT2D eigenvalue weighted by molar-refractivity contribution is 4.66. The highest BCUT2D eigenvalue weighted by Crippen LogP contribution is 1.91. The van der Waals surface area contributed by atoms with Gasteiger partial charge in [-0.1, -0.05) is 27.7 Å². The molecule has 0 spiro atoms. The summed E-state index contributed by atoms with van der Waals surface area (Å²) in [6.45, 7) is 11.9. The molecule has 0 heterocycles. The van der Waals surface area contributed by atoms with Crippen molar-refractivity contribution in [1.29, 1.82) is 0 Å². The van der Waals surface area contributed by atoms with E-state index in [1.54, 1.807) is 0 Å². The van der Waals surface area contributed by atoms with Crippen molar-refractivity contribution in [2.24, 2.45) is 0 Å². The lowest BCUT2D eigenvalue weighted by atomic mass is 10.3. The number of aliphatic hydroxyl groups excluding tert-OH is 1. The van der Waals surface area contributed by atoms with Gasteiger partial charge >= 0.3 is 0 Å². The van der Waals surface area contributed by atoms with Crippen molar-refractivity contribution in [2.75, 3.05) is 26.2 Å². The van der Waals surface area contributed by atoms with Gasteiger partial charge in [-0.2, -0.15) is 0 Å². The van der Waals surface area contributed by atoms with Crippen LogP contribution in [0.15, 0.2) is 0 Å². The van der Waals surface area contributed by atoms with Crippen molar-refractivity contribution in [2.45, 2.75) is 39.8 Å². The van der Waals surface area contributed by atoms with Gasteiger partial charge < -0.3 is 15.3 Å². The van der Waals surface area contributed by atoms with Crippen LogP contribution in [0.25, 0.3) is 0 Å². The van der Waals surface area contributed by atoms with Crippen LogP contribution in [0.3, 0.4) is 0 Å². The molecule has 3 heteroatoms. The Balaban J connectivity index is 3.53. The molecule has 2 N–H and O–H groups in total. The van der Waals surface area contributed by atoms with Gasteiger partial charge in [-0.3, -0.25) is 0 Å².